The Balaban J connectivity index is 2.03. The van der Waals surface area contributed by atoms with Crippen molar-refractivity contribution in [2.45, 2.75) is 58.4 Å². The normalized spacial score (nSPS) is 16.7. The van der Waals surface area contributed by atoms with Crippen molar-refractivity contribution >= 4 is 11.8 Å². The quantitative estimate of drug-likeness (QED) is 0.700. The first-order valence-corrected chi connectivity index (χ1v) is 10.3. The second-order valence-electron chi connectivity index (χ2n) is 7.93. The lowest BCUT2D eigenvalue weighted by Crippen LogP contribution is -2.52. The molecule has 1 heterocycles. The standard InChI is InChI=1S/C22H33FN2O3/c1-4-5-18(17-6-8-19(23)9-7-17)15-21(26)24-20(14-16(2)3)22(27)25-10-12-28-13-11-25/h6-9,16,18,20H,4-5,10-15H2,1-3H3,(H,24,26)/t18?,20-/m0/s1. The molecule has 2 rings (SSSR count). The lowest BCUT2D eigenvalue weighted by molar-refractivity contribution is -0.140. The van der Waals surface area contributed by atoms with Crippen LogP contribution in [0.3, 0.4) is 0 Å². The first kappa shape index (κ1) is 22.3. The molecule has 1 saturated heterocycles. The van der Waals surface area contributed by atoms with E-state index in [1.807, 2.05) is 13.8 Å². The smallest absolute Gasteiger partial charge is 0.245 e. The van der Waals surface area contributed by atoms with E-state index in [9.17, 15) is 14.0 Å². The van der Waals surface area contributed by atoms with Gasteiger partial charge in [0.1, 0.15) is 11.9 Å². The Kier molecular flexibility index (Phi) is 8.90. The third kappa shape index (κ3) is 6.89. The average molecular weight is 393 g/mol. The summed E-state index contributed by atoms with van der Waals surface area (Å²) in [4.78, 5) is 27.4. The van der Waals surface area contributed by atoms with Gasteiger partial charge >= 0.3 is 0 Å². The van der Waals surface area contributed by atoms with Gasteiger partial charge in [0.2, 0.25) is 11.8 Å². The molecule has 0 aromatic heterocycles. The number of carbonyl (C=O) groups excluding carboxylic acids is 2. The van der Waals surface area contributed by atoms with Gasteiger partial charge in [0, 0.05) is 19.5 Å². The summed E-state index contributed by atoms with van der Waals surface area (Å²) in [5.41, 5.74) is 0.957. The van der Waals surface area contributed by atoms with Crippen molar-refractivity contribution in [3.05, 3.63) is 35.6 Å². The van der Waals surface area contributed by atoms with Crippen molar-refractivity contribution in [3.63, 3.8) is 0 Å². The maximum absolute atomic E-state index is 13.2. The summed E-state index contributed by atoms with van der Waals surface area (Å²) in [6.07, 6.45) is 2.67. The first-order valence-electron chi connectivity index (χ1n) is 10.3. The molecule has 0 bridgehead atoms. The maximum atomic E-state index is 13.2. The van der Waals surface area contributed by atoms with E-state index in [2.05, 4.69) is 12.2 Å². The minimum Gasteiger partial charge on any atom is -0.378 e. The highest BCUT2D eigenvalue weighted by Crippen LogP contribution is 2.25. The van der Waals surface area contributed by atoms with Gasteiger partial charge in [-0.1, -0.05) is 39.3 Å². The summed E-state index contributed by atoms with van der Waals surface area (Å²) in [7, 11) is 0. The van der Waals surface area contributed by atoms with Crippen molar-refractivity contribution in [2.24, 2.45) is 5.92 Å². The third-order valence-corrected chi connectivity index (χ3v) is 5.07. The van der Waals surface area contributed by atoms with Crippen molar-refractivity contribution in [1.82, 2.24) is 10.2 Å². The second kappa shape index (κ2) is 11.1. The molecule has 156 valence electrons. The van der Waals surface area contributed by atoms with E-state index in [-0.39, 0.29) is 23.5 Å². The SMILES string of the molecule is CCCC(CC(=O)N[C@@H](CC(C)C)C(=O)N1CCOCC1)c1ccc(F)cc1. The number of nitrogens with one attached hydrogen (secondary N) is 1. The number of benzene rings is 1. The predicted octanol–water partition coefficient (Wildman–Crippen LogP) is 3.49. The van der Waals surface area contributed by atoms with E-state index in [1.54, 1.807) is 17.0 Å². The molecule has 1 N–H and O–H groups in total. The van der Waals surface area contributed by atoms with Crippen LogP contribution in [-0.2, 0) is 14.3 Å². The lowest BCUT2D eigenvalue weighted by atomic mass is 9.91. The molecule has 0 saturated carbocycles. The van der Waals surface area contributed by atoms with Crippen LogP contribution in [0.15, 0.2) is 24.3 Å². The first-order chi connectivity index (χ1) is 13.4. The zero-order valence-electron chi connectivity index (χ0n) is 17.2. The Morgan fingerprint density at radius 3 is 2.39 bits per heavy atom. The van der Waals surface area contributed by atoms with Gasteiger partial charge in [-0.3, -0.25) is 9.59 Å². The van der Waals surface area contributed by atoms with E-state index < -0.39 is 6.04 Å². The van der Waals surface area contributed by atoms with Gasteiger partial charge in [0.15, 0.2) is 0 Å². The number of nitrogens with zero attached hydrogens (tertiary/aromatic N) is 1. The van der Waals surface area contributed by atoms with Crippen molar-refractivity contribution in [1.29, 1.82) is 0 Å². The summed E-state index contributed by atoms with van der Waals surface area (Å²) in [6.45, 7) is 8.37. The lowest BCUT2D eigenvalue weighted by Gasteiger charge is -2.31. The molecule has 2 amide bonds. The van der Waals surface area contributed by atoms with Crippen LogP contribution in [0.4, 0.5) is 4.39 Å². The van der Waals surface area contributed by atoms with Crippen LogP contribution < -0.4 is 5.32 Å². The van der Waals surface area contributed by atoms with Gasteiger partial charge in [-0.15, -0.1) is 0 Å². The number of morpholine rings is 1. The molecule has 0 aliphatic carbocycles. The molecule has 28 heavy (non-hydrogen) atoms. The second-order valence-corrected chi connectivity index (χ2v) is 7.93. The summed E-state index contributed by atoms with van der Waals surface area (Å²) >= 11 is 0. The molecule has 1 unspecified atom stereocenters. The summed E-state index contributed by atoms with van der Waals surface area (Å²) in [5.74, 6) is -0.131. The molecule has 6 heteroatoms. The zero-order valence-corrected chi connectivity index (χ0v) is 17.2. The Hall–Kier alpha value is -1.95. The molecule has 1 aliphatic heterocycles. The zero-order chi connectivity index (χ0) is 20.5. The molecule has 2 atom stereocenters. The van der Waals surface area contributed by atoms with Gasteiger partial charge in [0.05, 0.1) is 13.2 Å². The van der Waals surface area contributed by atoms with E-state index >= 15 is 0 Å². The highest BCUT2D eigenvalue weighted by molar-refractivity contribution is 5.88. The Morgan fingerprint density at radius 2 is 1.82 bits per heavy atom. The highest BCUT2D eigenvalue weighted by atomic mass is 19.1. The molecular weight excluding hydrogens is 359 g/mol. The summed E-state index contributed by atoms with van der Waals surface area (Å²) in [5, 5.41) is 2.97. The number of rotatable bonds is 9. The van der Waals surface area contributed by atoms with Crippen LogP contribution in [0.2, 0.25) is 0 Å². The molecule has 1 aromatic rings. The van der Waals surface area contributed by atoms with Crippen molar-refractivity contribution in [3.8, 4) is 0 Å². The largest absolute Gasteiger partial charge is 0.378 e. The number of hydrogen-bond acceptors (Lipinski definition) is 3. The Labute approximate surface area is 167 Å². The maximum Gasteiger partial charge on any atom is 0.245 e. The van der Waals surface area contributed by atoms with Gasteiger partial charge in [-0.2, -0.15) is 0 Å². The minimum atomic E-state index is -0.513. The van der Waals surface area contributed by atoms with E-state index in [4.69, 9.17) is 4.74 Å². The number of carbonyl (C=O) groups is 2. The predicted molar refractivity (Wildman–Crippen MR) is 107 cm³/mol. The fraction of sp³-hybridized carbons (Fsp3) is 0.636. The van der Waals surface area contributed by atoms with Gasteiger partial charge in [-0.25, -0.2) is 4.39 Å². The molecular formula is C22H33FN2O3. The molecule has 0 spiro atoms. The fourth-order valence-corrected chi connectivity index (χ4v) is 3.64. The van der Waals surface area contributed by atoms with Crippen LogP contribution >= 0.6 is 0 Å². The minimum absolute atomic E-state index is 0.0174. The number of amides is 2. The Morgan fingerprint density at radius 1 is 1.18 bits per heavy atom. The van der Waals surface area contributed by atoms with Gasteiger partial charge in [0.25, 0.3) is 0 Å². The van der Waals surface area contributed by atoms with Crippen LogP contribution in [-0.4, -0.2) is 49.1 Å². The van der Waals surface area contributed by atoms with Gasteiger partial charge in [-0.05, 0) is 42.4 Å². The summed E-state index contributed by atoms with van der Waals surface area (Å²) in [6, 6.07) is 5.83. The summed E-state index contributed by atoms with van der Waals surface area (Å²) < 4.78 is 18.5. The number of halogens is 1. The molecule has 1 aromatic carbocycles. The van der Waals surface area contributed by atoms with Crippen LogP contribution in [0, 0.1) is 11.7 Å². The van der Waals surface area contributed by atoms with Crippen molar-refractivity contribution in [2.75, 3.05) is 26.3 Å². The monoisotopic (exact) mass is 392 g/mol. The van der Waals surface area contributed by atoms with Crippen molar-refractivity contribution < 1.29 is 18.7 Å². The van der Waals surface area contributed by atoms with E-state index in [0.29, 0.717) is 45.1 Å². The fourth-order valence-electron chi connectivity index (χ4n) is 3.64. The molecule has 5 nitrogen and oxygen atoms in total. The van der Waals surface area contributed by atoms with E-state index in [1.165, 1.54) is 12.1 Å². The number of hydrogen-bond donors (Lipinski definition) is 1. The molecule has 1 fully saturated rings. The van der Waals surface area contributed by atoms with Crippen LogP contribution in [0.1, 0.15) is 57.9 Å². The molecule has 0 radical (unpaired) electrons. The van der Waals surface area contributed by atoms with Gasteiger partial charge < -0.3 is 15.0 Å². The Bertz CT molecular complexity index is 627. The highest BCUT2D eigenvalue weighted by Gasteiger charge is 2.28. The van der Waals surface area contributed by atoms with Crippen LogP contribution in [0.25, 0.3) is 0 Å². The number of ether oxygens (including phenoxy) is 1. The third-order valence-electron chi connectivity index (χ3n) is 5.07. The topological polar surface area (TPSA) is 58.6 Å². The van der Waals surface area contributed by atoms with Crippen LogP contribution in [0.5, 0.6) is 0 Å². The molecule has 1 aliphatic rings. The average Bonchev–Trinajstić information content (AvgIpc) is 2.67. The van der Waals surface area contributed by atoms with E-state index in [0.717, 1.165) is 18.4 Å².